The highest BCUT2D eigenvalue weighted by molar-refractivity contribution is 5.45. The molecule has 0 aliphatic rings. The fourth-order valence-corrected chi connectivity index (χ4v) is 1.99. The number of hydrogen-bond acceptors (Lipinski definition) is 3. The molecule has 0 aliphatic carbocycles. The maximum absolute atomic E-state index is 13.6. The van der Waals surface area contributed by atoms with Crippen LogP contribution in [-0.4, -0.2) is 19.3 Å². The molecule has 3 nitrogen and oxygen atoms in total. The molecule has 0 radical (unpaired) electrons. The highest BCUT2D eigenvalue weighted by atomic mass is 19.1. The van der Waals surface area contributed by atoms with E-state index >= 15 is 0 Å². The lowest BCUT2D eigenvalue weighted by molar-refractivity contribution is 0.219. The summed E-state index contributed by atoms with van der Waals surface area (Å²) in [6.07, 6.45) is -0.912. The maximum Gasteiger partial charge on any atom is 0.161 e. The molecule has 0 spiro atoms. The quantitative estimate of drug-likeness (QED) is 0.931. The number of aliphatic hydroxyl groups is 1. The minimum absolute atomic E-state index is 0.331. The smallest absolute Gasteiger partial charge is 0.161 e. The summed E-state index contributed by atoms with van der Waals surface area (Å²) in [5.41, 5.74) is 1.67. The van der Waals surface area contributed by atoms with Crippen LogP contribution in [0.2, 0.25) is 0 Å². The zero-order valence-corrected chi connectivity index (χ0v) is 11.7. The number of ether oxygens (including phenoxy) is 2. The van der Waals surface area contributed by atoms with Gasteiger partial charge in [0.05, 0.1) is 14.2 Å². The van der Waals surface area contributed by atoms with Crippen molar-refractivity contribution in [2.75, 3.05) is 14.2 Å². The van der Waals surface area contributed by atoms with Crippen LogP contribution in [0.25, 0.3) is 0 Å². The molecule has 106 valence electrons. The van der Waals surface area contributed by atoms with Crippen molar-refractivity contribution in [3.8, 4) is 11.5 Å². The lowest BCUT2D eigenvalue weighted by atomic mass is 10.00. The molecule has 2 rings (SSSR count). The summed E-state index contributed by atoms with van der Waals surface area (Å²) < 4.78 is 23.9. The SMILES string of the molecule is COc1ccc(C(O)c2ccc(C)c(F)c2)cc1OC. The fraction of sp³-hybridized carbons (Fsp3) is 0.250. The van der Waals surface area contributed by atoms with E-state index in [0.717, 1.165) is 0 Å². The minimum atomic E-state index is -0.912. The molecule has 1 atom stereocenters. The predicted octanol–water partition coefficient (Wildman–Crippen LogP) is 3.23. The van der Waals surface area contributed by atoms with Gasteiger partial charge in [0.2, 0.25) is 0 Å². The summed E-state index contributed by atoms with van der Waals surface area (Å²) >= 11 is 0. The highest BCUT2D eigenvalue weighted by Gasteiger charge is 2.14. The molecule has 1 N–H and O–H groups in total. The van der Waals surface area contributed by atoms with E-state index in [0.29, 0.717) is 28.2 Å². The number of aryl methyl sites for hydroxylation is 1. The van der Waals surface area contributed by atoms with Crippen LogP contribution >= 0.6 is 0 Å². The normalized spacial score (nSPS) is 12.1. The van der Waals surface area contributed by atoms with E-state index in [-0.39, 0.29) is 5.82 Å². The maximum atomic E-state index is 13.6. The van der Waals surface area contributed by atoms with Crippen LogP contribution in [0.4, 0.5) is 4.39 Å². The van der Waals surface area contributed by atoms with Gasteiger partial charge in [0.1, 0.15) is 11.9 Å². The van der Waals surface area contributed by atoms with Gasteiger partial charge in [0.25, 0.3) is 0 Å². The monoisotopic (exact) mass is 276 g/mol. The molecule has 0 amide bonds. The molecule has 0 saturated carbocycles. The van der Waals surface area contributed by atoms with Crippen LogP contribution in [0.5, 0.6) is 11.5 Å². The average molecular weight is 276 g/mol. The molecule has 20 heavy (non-hydrogen) atoms. The third-order valence-corrected chi connectivity index (χ3v) is 3.23. The van der Waals surface area contributed by atoms with E-state index < -0.39 is 6.10 Å². The summed E-state index contributed by atoms with van der Waals surface area (Å²) in [5, 5.41) is 10.3. The zero-order chi connectivity index (χ0) is 14.7. The van der Waals surface area contributed by atoms with Gasteiger partial charge in [-0.1, -0.05) is 18.2 Å². The lowest BCUT2D eigenvalue weighted by Crippen LogP contribution is -2.02. The molecular formula is C16H17FO3. The number of benzene rings is 2. The van der Waals surface area contributed by atoms with Gasteiger partial charge in [-0.15, -0.1) is 0 Å². The lowest BCUT2D eigenvalue weighted by Gasteiger charge is -2.15. The molecule has 1 unspecified atom stereocenters. The topological polar surface area (TPSA) is 38.7 Å². The number of rotatable bonds is 4. The van der Waals surface area contributed by atoms with Crippen molar-refractivity contribution in [3.63, 3.8) is 0 Å². The summed E-state index contributed by atoms with van der Waals surface area (Å²) in [7, 11) is 3.07. The van der Waals surface area contributed by atoms with Crippen LogP contribution in [0.1, 0.15) is 22.8 Å². The van der Waals surface area contributed by atoms with Crippen LogP contribution in [-0.2, 0) is 0 Å². The van der Waals surface area contributed by atoms with Gasteiger partial charge in [0.15, 0.2) is 11.5 Å². The first-order valence-corrected chi connectivity index (χ1v) is 6.23. The van der Waals surface area contributed by atoms with E-state index in [1.54, 1.807) is 44.4 Å². The second-order valence-corrected chi connectivity index (χ2v) is 4.53. The second kappa shape index (κ2) is 5.92. The number of hydrogen-bond donors (Lipinski definition) is 1. The van der Waals surface area contributed by atoms with Crippen molar-refractivity contribution in [1.29, 1.82) is 0 Å². The van der Waals surface area contributed by atoms with Gasteiger partial charge in [-0.3, -0.25) is 0 Å². The van der Waals surface area contributed by atoms with Gasteiger partial charge < -0.3 is 14.6 Å². The standard InChI is InChI=1S/C16H17FO3/c1-10-4-5-11(8-13(10)17)16(18)12-6-7-14(19-2)15(9-12)20-3/h4-9,16,18H,1-3H3. The molecule has 0 saturated heterocycles. The molecule has 2 aromatic rings. The van der Waals surface area contributed by atoms with E-state index in [1.807, 2.05) is 0 Å². The molecule has 4 heteroatoms. The Labute approximate surface area is 117 Å². The van der Waals surface area contributed by atoms with Crippen LogP contribution < -0.4 is 9.47 Å². The summed E-state index contributed by atoms with van der Waals surface area (Å²) in [5.74, 6) is 0.775. The molecular weight excluding hydrogens is 259 g/mol. The third-order valence-electron chi connectivity index (χ3n) is 3.23. The summed E-state index contributed by atoms with van der Waals surface area (Å²) in [4.78, 5) is 0. The van der Waals surface area contributed by atoms with Crippen molar-refractivity contribution in [2.45, 2.75) is 13.0 Å². The van der Waals surface area contributed by atoms with Crippen molar-refractivity contribution in [3.05, 3.63) is 58.9 Å². The van der Waals surface area contributed by atoms with Gasteiger partial charge in [-0.25, -0.2) is 4.39 Å². The Morgan fingerprint density at radius 3 is 2.15 bits per heavy atom. The fourth-order valence-electron chi connectivity index (χ4n) is 1.99. The molecule has 0 heterocycles. The first kappa shape index (κ1) is 14.3. The molecule has 0 aliphatic heterocycles. The minimum Gasteiger partial charge on any atom is -0.493 e. The first-order valence-electron chi connectivity index (χ1n) is 6.23. The Hall–Kier alpha value is -2.07. The third kappa shape index (κ3) is 2.75. The van der Waals surface area contributed by atoms with Gasteiger partial charge in [0, 0.05) is 0 Å². The van der Waals surface area contributed by atoms with Gasteiger partial charge in [-0.05, 0) is 41.8 Å². The number of aliphatic hydroxyl groups excluding tert-OH is 1. The first-order chi connectivity index (χ1) is 9.56. The van der Waals surface area contributed by atoms with E-state index in [4.69, 9.17) is 9.47 Å². The van der Waals surface area contributed by atoms with Crippen molar-refractivity contribution < 1.29 is 19.0 Å². The van der Waals surface area contributed by atoms with Gasteiger partial charge >= 0.3 is 0 Å². The van der Waals surface area contributed by atoms with Crippen molar-refractivity contribution in [2.24, 2.45) is 0 Å². The van der Waals surface area contributed by atoms with Crippen LogP contribution in [0.15, 0.2) is 36.4 Å². The van der Waals surface area contributed by atoms with E-state index in [1.165, 1.54) is 13.2 Å². The highest BCUT2D eigenvalue weighted by Crippen LogP contribution is 2.32. The van der Waals surface area contributed by atoms with Crippen molar-refractivity contribution >= 4 is 0 Å². The Morgan fingerprint density at radius 1 is 0.950 bits per heavy atom. The Morgan fingerprint density at radius 2 is 1.55 bits per heavy atom. The molecule has 0 aromatic heterocycles. The predicted molar refractivity (Wildman–Crippen MR) is 74.7 cm³/mol. The summed E-state index contributed by atoms with van der Waals surface area (Å²) in [6.45, 7) is 1.68. The molecule has 0 bridgehead atoms. The summed E-state index contributed by atoms with van der Waals surface area (Å²) in [6, 6.07) is 9.82. The van der Waals surface area contributed by atoms with Crippen LogP contribution in [0, 0.1) is 12.7 Å². The Kier molecular flexibility index (Phi) is 4.25. The Bertz CT molecular complexity index is 611. The van der Waals surface area contributed by atoms with Crippen LogP contribution in [0.3, 0.4) is 0 Å². The number of methoxy groups -OCH3 is 2. The largest absolute Gasteiger partial charge is 0.493 e. The zero-order valence-electron chi connectivity index (χ0n) is 11.7. The van der Waals surface area contributed by atoms with E-state index in [2.05, 4.69) is 0 Å². The van der Waals surface area contributed by atoms with E-state index in [9.17, 15) is 9.50 Å². The number of halogens is 1. The average Bonchev–Trinajstić information content (AvgIpc) is 2.48. The Balaban J connectivity index is 2.37. The van der Waals surface area contributed by atoms with Gasteiger partial charge in [-0.2, -0.15) is 0 Å². The van der Waals surface area contributed by atoms with Crippen molar-refractivity contribution in [1.82, 2.24) is 0 Å². The molecule has 2 aromatic carbocycles. The molecule has 0 fully saturated rings. The second-order valence-electron chi connectivity index (χ2n) is 4.53.